The van der Waals surface area contributed by atoms with E-state index in [0.29, 0.717) is 13.0 Å². The Morgan fingerprint density at radius 3 is 2.42 bits per heavy atom. The van der Waals surface area contributed by atoms with Crippen molar-refractivity contribution in [1.29, 1.82) is 0 Å². The molecule has 2 aromatic carbocycles. The van der Waals surface area contributed by atoms with Gasteiger partial charge in [-0.1, -0.05) is 36.4 Å². The molecule has 1 aliphatic rings. The zero-order valence-electron chi connectivity index (χ0n) is 15.2. The normalized spacial score (nSPS) is 15.1. The van der Waals surface area contributed by atoms with Crippen molar-refractivity contribution in [2.24, 2.45) is 0 Å². The molecule has 3 rings (SSSR count). The fraction of sp³-hybridized carbons (Fsp3) is 0.381. The number of nitrogens with zero attached hydrogens (tertiary/aromatic N) is 2. The smallest absolute Gasteiger partial charge is 0.222 e. The molecular weight excluding hydrogens is 331 g/mol. The van der Waals surface area contributed by atoms with E-state index < -0.39 is 0 Å². The van der Waals surface area contributed by atoms with E-state index in [1.807, 2.05) is 29.2 Å². The van der Waals surface area contributed by atoms with Gasteiger partial charge in [-0.15, -0.1) is 0 Å². The van der Waals surface area contributed by atoms with Crippen LogP contribution < -0.4 is 4.74 Å². The Kier molecular flexibility index (Phi) is 6.23. The van der Waals surface area contributed by atoms with E-state index in [-0.39, 0.29) is 17.5 Å². The third-order valence-corrected chi connectivity index (χ3v) is 4.82. The Hall–Kier alpha value is -2.40. The van der Waals surface area contributed by atoms with Crippen LogP contribution in [0.4, 0.5) is 4.39 Å². The first-order valence-corrected chi connectivity index (χ1v) is 9.02. The minimum atomic E-state index is -0.334. The molecule has 0 radical (unpaired) electrons. The number of carbonyl (C=O) groups excluding carboxylic acids is 1. The molecule has 5 heteroatoms. The minimum Gasteiger partial charge on any atom is -0.494 e. The maximum absolute atomic E-state index is 13.8. The van der Waals surface area contributed by atoms with Crippen molar-refractivity contribution in [3.63, 3.8) is 0 Å². The van der Waals surface area contributed by atoms with Crippen LogP contribution in [-0.2, 0) is 17.8 Å². The molecule has 0 unspecified atom stereocenters. The lowest BCUT2D eigenvalue weighted by atomic mass is 10.1. The number of aryl methyl sites for hydroxylation is 1. The van der Waals surface area contributed by atoms with Crippen LogP contribution in [0.3, 0.4) is 0 Å². The van der Waals surface area contributed by atoms with Gasteiger partial charge in [-0.25, -0.2) is 4.39 Å². The van der Waals surface area contributed by atoms with E-state index in [0.717, 1.165) is 38.2 Å². The molecule has 0 N–H and O–H groups in total. The van der Waals surface area contributed by atoms with Crippen LogP contribution in [-0.4, -0.2) is 49.0 Å². The van der Waals surface area contributed by atoms with Crippen molar-refractivity contribution in [1.82, 2.24) is 9.80 Å². The van der Waals surface area contributed by atoms with Gasteiger partial charge < -0.3 is 9.64 Å². The molecule has 1 heterocycles. The Bertz CT molecular complexity index is 728. The summed E-state index contributed by atoms with van der Waals surface area (Å²) in [6.45, 7) is 3.76. The molecule has 1 amide bonds. The predicted octanol–water partition coefficient (Wildman–Crippen LogP) is 3.11. The standard InChI is InChI=1S/C21H25FN2O2/c1-26-20-9-7-18(15-19(20)22)16-23-11-13-24(14-12-23)21(25)10-8-17-5-3-2-4-6-17/h2-7,9,15H,8,10-14,16H2,1H3. The second kappa shape index (κ2) is 8.81. The fourth-order valence-corrected chi connectivity index (χ4v) is 3.28. The molecule has 1 saturated heterocycles. The third-order valence-electron chi connectivity index (χ3n) is 4.82. The molecule has 4 nitrogen and oxygen atoms in total. The summed E-state index contributed by atoms with van der Waals surface area (Å²) in [5.74, 6) is 0.145. The van der Waals surface area contributed by atoms with Crippen molar-refractivity contribution in [3.05, 3.63) is 65.5 Å². The number of hydrogen-bond donors (Lipinski definition) is 0. The summed E-state index contributed by atoms with van der Waals surface area (Å²) >= 11 is 0. The molecule has 0 aliphatic carbocycles. The lowest BCUT2D eigenvalue weighted by molar-refractivity contribution is -0.133. The van der Waals surface area contributed by atoms with E-state index in [2.05, 4.69) is 17.0 Å². The second-order valence-corrected chi connectivity index (χ2v) is 6.61. The van der Waals surface area contributed by atoms with Crippen LogP contribution in [0.2, 0.25) is 0 Å². The Balaban J connectivity index is 1.45. The molecule has 2 aromatic rings. The van der Waals surface area contributed by atoms with Crippen LogP contribution in [0.5, 0.6) is 5.75 Å². The van der Waals surface area contributed by atoms with Gasteiger partial charge >= 0.3 is 0 Å². The van der Waals surface area contributed by atoms with E-state index >= 15 is 0 Å². The number of methoxy groups -OCH3 is 1. The van der Waals surface area contributed by atoms with Crippen molar-refractivity contribution in [2.45, 2.75) is 19.4 Å². The molecule has 138 valence electrons. The summed E-state index contributed by atoms with van der Waals surface area (Å²) in [6, 6.07) is 15.2. The first-order chi connectivity index (χ1) is 12.7. The maximum Gasteiger partial charge on any atom is 0.222 e. The van der Waals surface area contributed by atoms with Crippen LogP contribution in [0, 0.1) is 5.82 Å². The second-order valence-electron chi connectivity index (χ2n) is 6.61. The number of carbonyl (C=O) groups is 1. The lowest BCUT2D eigenvalue weighted by Crippen LogP contribution is -2.48. The van der Waals surface area contributed by atoms with Crippen LogP contribution in [0.15, 0.2) is 48.5 Å². The first-order valence-electron chi connectivity index (χ1n) is 9.02. The summed E-state index contributed by atoms with van der Waals surface area (Å²) in [4.78, 5) is 16.6. The molecular formula is C21H25FN2O2. The predicted molar refractivity (Wildman–Crippen MR) is 99.6 cm³/mol. The fourth-order valence-electron chi connectivity index (χ4n) is 3.28. The average Bonchev–Trinajstić information content (AvgIpc) is 2.68. The summed E-state index contributed by atoms with van der Waals surface area (Å²) in [7, 11) is 1.46. The van der Waals surface area contributed by atoms with Gasteiger partial charge in [0.15, 0.2) is 11.6 Å². The van der Waals surface area contributed by atoms with Crippen molar-refractivity contribution < 1.29 is 13.9 Å². The zero-order valence-corrected chi connectivity index (χ0v) is 15.2. The average molecular weight is 356 g/mol. The van der Waals surface area contributed by atoms with Gasteiger partial charge in [0, 0.05) is 39.1 Å². The number of ether oxygens (including phenoxy) is 1. The van der Waals surface area contributed by atoms with Crippen LogP contribution >= 0.6 is 0 Å². The minimum absolute atomic E-state index is 0.212. The summed E-state index contributed by atoms with van der Waals surface area (Å²) < 4.78 is 18.8. The number of benzene rings is 2. The van der Waals surface area contributed by atoms with Gasteiger partial charge in [-0.2, -0.15) is 0 Å². The third kappa shape index (κ3) is 4.82. The van der Waals surface area contributed by atoms with Gasteiger partial charge in [0.2, 0.25) is 5.91 Å². The van der Waals surface area contributed by atoms with E-state index in [4.69, 9.17) is 4.74 Å². The number of hydrogen-bond acceptors (Lipinski definition) is 3. The monoisotopic (exact) mass is 356 g/mol. The van der Waals surface area contributed by atoms with Gasteiger partial charge in [-0.3, -0.25) is 9.69 Å². The lowest BCUT2D eigenvalue weighted by Gasteiger charge is -2.35. The van der Waals surface area contributed by atoms with Gasteiger partial charge in [0.05, 0.1) is 7.11 Å². The molecule has 0 saturated carbocycles. The number of amides is 1. The molecule has 0 spiro atoms. The highest BCUT2D eigenvalue weighted by Crippen LogP contribution is 2.19. The van der Waals surface area contributed by atoms with Crippen molar-refractivity contribution in [2.75, 3.05) is 33.3 Å². The summed E-state index contributed by atoms with van der Waals surface area (Å²) in [5.41, 5.74) is 2.12. The molecule has 0 aromatic heterocycles. The Morgan fingerprint density at radius 1 is 1.04 bits per heavy atom. The van der Waals surface area contributed by atoms with Crippen LogP contribution in [0.25, 0.3) is 0 Å². The van der Waals surface area contributed by atoms with E-state index in [9.17, 15) is 9.18 Å². The number of halogens is 1. The first kappa shape index (κ1) is 18.4. The maximum atomic E-state index is 13.8. The van der Waals surface area contributed by atoms with Crippen LogP contribution in [0.1, 0.15) is 17.5 Å². The zero-order chi connectivity index (χ0) is 18.4. The van der Waals surface area contributed by atoms with Crippen molar-refractivity contribution in [3.8, 4) is 5.75 Å². The Morgan fingerprint density at radius 2 is 1.77 bits per heavy atom. The van der Waals surface area contributed by atoms with E-state index in [1.165, 1.54) is 18.7 Å². The van der Waals surface area contributed by atoms with Gasteiger partial charge in [0.25, 0.3) is 0 Å². The number of piperazine rings is 1. The molecule has 1 aliphatic heterocycles. The highest BCUT2D eigenvalue weighted by molar-refractivity contribution is 5.76. The SMILES string of the molecule is COc1ccc(CN2CCN(C(=O)CCc3ccccc3)CC2)cc1F. The summed E-state index contributed by atoms with van der Waals surface area (Å²) in [6.07, 6.45) is 1.33. The molecule has 1 fully saturated rings. The largest absolute Gasteiger partial charge is 0.494 e. The molecule has 0 bridgehead atoms. The van der Waals surface area contributed by atoms with E-state index in [1.54, 1.807) is 6.07 Å². The van der Waals surface area contributed by atoms with Gasteiger partial charge in [-0.05, 0) is 29.7 Å². The molecule has 0 atom stereocenters. The van der Waals surface area contributed by atoms with Gasteiger partial charge in [0.1, 0.15) is 0 Å². The number of rotatable bonds is 6. The topological polar surface area (TPSA) is 32.8 Å². The van der Waals surface area contributed by atoms with Crippen molar-refractivity contribution >= 4 is 5.91 Å². The summed E-state index contributed by atoms with van der Waals surface area (Å²) in [5, 5.41) is 0. The molecule has 26 heavy (non-hydrogen) atoms. The highest BCUT2D eigenvalue weighted by Gasteiger charge is 2.21. The Labute approximate surface area is 154 Å². The quantitative estimate of drug-likeness (QED) is 0.797. The highest BCUT2D eigenvalue weighted by atomic mass is 19.1.